The Morgan fingerprint density at radius 1 is 1.15 bits per heavy atom. The molecular weight excluding hydrogens is 328 g/mol. The molecule has 3 aromatic rings. The van der Waals surface area contributed by atoms with E-state index < -0.39 is 0 Å². The summed E-state index contributed by atoms with van der Waals surface area (Å²) >= 11 is 0. The summed E-state index contributed by atoms with van der Waals surface area (Å²) in [4.78, 5) is 14.5. The molecule has 2 aromatic carbocycles. The Bertz CT molecular complexity index is 812. The number of carbonyl (C=O) groups excluding carboxylic acids is 1. The number of rotatable bonds is 7. The van der Waals surface area contributed by atoms with Crippen molar-refractivity contribution >= 4 is 17.0 Å². The minimum absolute atomic E-state index is 0.140. The summed E-state index contributed by atoms with van der Waals surface area (Å²) in [7, 11) is 1.63. The molecule has 1 N–H and O–H groups in total. The second-order valence-electron chi connectivity index (χ2n) is 6.26. The smallest absolute Gasteiger partial charge is 0.318 e. The number of amides is 2. The molecule has 0 saturated carbocycles. The van der Waals surface area contributed by atoms with Gasteiger partial charge in [0.1, 0.15) is 11.3 Å². The van der Waals surface area contributed by atoms with Gasteiger partial charge in [-0.2, -0.15) is 0 Å². The molecule has 1 heterocycles. The molecule has 136 valence electrons. The second-order valence-corrected chi connectivity index (χ2v) is 6.26. The maximum absolute atomic E-state index is 12.8. The molecule has 0 aliphatic carbocycles. The number of nitrogens with zero attached hydrogens (tertiary/aromatic N) is 1. The van der Waals surface area contributed by atoms with Gasteiger partial charge in [0.2, 0.25) is 0 Å². The zero-order valence-electron chi connectivity index (χ0n) is 15.1. The van der Waals surface area contributed by atoms with E-state index in [1.165, 1.54) is 0 Å². The Morgan fingerprint density at radius 2 is 1.88 bits per heavy atom. The number of ether oxygens (including phenoxy) is 1. The summed E-state index contributed by atoms with van der Waals surface area (Å²) in [5.41, 5.74) is 1.90. The highest BCUT2D eigenvalue weighted by Gasteiger charge is 2.19. The van der Waals surface area contributed by atoms with Crippen LogP contribution in [0.5, 0.6) is 0 Å². The van der Waals surface area contributed by atoms with Gasteiger partial charge in [-0.05, 0) is 24.6 Å². The van der Waals surface area contributed by atoms with E-state index in [2.05, 4.69) is 5.32 Å². The van der Waals surface area contributed by atoms with Crippen LogP contribution in [0, 0.1) is 0 Å². The quantitative estimate of drug-likeness (QED) is 0.688. The van der Waals surface area contributed by atoms with Crippen LogP contribution in [0.25, 0.3) is 11.0 Å². The molecule has 1 unspecified atom stereocenters. The molecule has 0 aliphatic rings. The molecule has 0 radical (unpaired) electrons. The van der Waals surface area contributed by atoms with Crippen LogP contribution in [-0.2, 0) is 11.3 Å². The number of hydrogen-bond acceptors (Lipinski definition) is 3. The van der Waals surface area contributed by atoms with Gasteiger partial charge < -0.3 is 19.4 Å². The van der Waals surface area contributed by atoms with Crippen molar-refractivity contribution in [2.75, 3.05) is 20.3 Å². The Labute approximate surface area is 153 Å². The molecule has 0 aliphatic heterocycles. The van der Waals surface area contributed by atoms with Gasteiger partial charge in [-0.25, -0.2) is 4.79 Å². The molecule has 26 heavy (non-hydrogen) atoms. The van der Waals surface area contributed by atoms with Gasteiger partial charge in [0, 0.05) is 25.6 Å². The molecule has 2 amide bonds. The van der Waals surface area contributed by atoms with Crippen LogP contribution in [0.4, 0.5) is 4.79 Å². The highest BCUT2D eigenvalue weighted by Crippen LogP contribution is 2.23. The standard InChI is InChI=1S/C21H24N2O3/c1-16(20-14-18-10-6-7-11-19(18)26-20)22-21(24)23(12-13-25-2)15-17-8-4-3-5-9-17/h3-11,14,16H,12-13,15H2,1-2H3,(H,22,24). The zero-order valence-corrected chi connectivity index (χ0v) is 15.1. The predicted molar refractivity (Wildman–Crippen MR) is 102 cm³/mol. The highest BCUT2D eigenvalue weighted by molar-refractivity contribution is 5.78. The Morgan fingerprint density at radius 3 is 2.62 bits per heavy atom. The summed E-state index contributed by atoms with van der Waals surface area (Å²) < 4.78 is 11.0. The van der Waals surface area contributed by atoms with E-state index in [1.807, 2.05) is 67.6 Å². The normalized spacial score (nSPS) is 12.1. The van der Waals surface area contributed by atoms with E-state index in [-0.39, 0.29) is 12.1 Å². The van der Waals surface area contributed by atoms with Crippen LogP contribution < -0.4 is 5.32 Å². The van der Waals surface area contributed by atoms with Crippen molar-refractivity contribution < 1.29 is 13.9 Å². The van der Waals surface area contributed by atoms with Crippen molar-refractivity contribution in [2.45, 2.75) is 19.5 Å². The molecule has 5 heteroatoms. The summed E-state index contributed by atoms with van der Waals surface area (Å²) in [6.07, 6.45) is 0. The number of para-hydroxylation sites is 1. The van der Waals surface area contributed by atoms with Crippen molar-refractivity contribution in [3.63, 3.8) is 0 Å². The van der Waals surface area contributed by atoms with E-state index in [4.69, 9.17) is 9.15 Å². The molecule has 0 bridgehead atoms. The fourth-order valence-corrected chi connectivity index (χ4v) is 2.82. The summed E-state index contributed by atoms with van der Waals surface area (Å²) in [6, 6.07) is 19.4. The van der Waals surface area contributed by atoms with Crippen LogP contribution in [0.2, 0.25) is 0 Å². The Hall–Kier alpha value is -2.79. The lowest BCUT2D eigenvalue weighted by Crippen LogP contribution is -2.42. The third-order valence-electron chi connectivity index (χ3n) is 4.28. The van der Waals surface area contributed by atoms with Crippen molar-refractivity contribution in [3.8, 4) is 0 Å². The van der Waals surface area contributed by atoms with Gasteiger partial charge in [-0.1, -0.05) is 48.5 Å². The van der Waals surface area contributed by atoms with Crippen LogP contribution in [0.15, 0.2) is 65.1 Å². The lowest BCUT2D eigenvalue weighted by molar-refractivity contribution is 0.144. The molecule has 0 fully saturated rings. The number of methoxy groups -OCH3 is 1. The maximum atomic E-state index is 12.8. The first-order valence-electron chi connectivity index (χ1n) is 8.74. The second kappa shape index (κ2) is 8.54. The average Bonchev–Trinajstić information content (AvgIpc) is 3.10. The topological polar surface area (TPSA) is 54.7 Å². The molecule has 5 nitrogen and oxygen atoms in total. The molecular formula is C21H24N2O3. The van der Waals surface area contributed by atoms with Crippen molar-refractivity contribution in [3.05, 3.63) is 72.0 Å². The number of furan rings is 1. The van der Waals surface area contributed by atoms with Gasteiger partial charge in [-0.15, -0.1) is 0 Å². The molecule has 1 atom stereocenters. The van der Waals surface area contributed by atoms with E-state index in [0.717, 1.165) is 22.3 Å². The van der Waals surface area contributed by atoms with Crippen LogP contribution >= 0.6 is 0 Å². The lowest BCUT2D eigenvalue weighted by atomic mass is 10.2. The largest absolute Gasteiger partial charge is 0.459 e. The van der Waals surface area contributed by atoms with Gasteiger partial charge in [0.05, 0.1) is 12.6 Å². The third kappa shape index (κ3) is 4.43. The van der Waals surface area contributed by atoms with Crippen molar-refractivity contribution in [1.82, 2.24) is 10.2 Å². The van der Waals surface area contributed by atoms with Crippen molar-refractivity contribution in [1.29, 1.82) is 0 Å². The maximum Gasteiger partial charge on any atom is 0.318 e. The molecule has 3 rings (SSSR count). The Kier molecular flexibility index (Phi) is 5.92. The highest BCUT2D eigenvalue weighted by atomic mass is 16.5. The molecule has 0 spiro atoms. The van der Waals surface area contributed by atoms with Crippen molar-refractivity contribution in [2.24, 2.45) is 0 Å². The monoisotopic (exact) mass is 352 g/mol. The number of benzene rings is 2. The van der Waals surface area contributed by atoms with E-state index in [0.29, 0.717) is 19.7 Å². The van der Waals surface area contributed by atoms with Crippen LogP contribution in [0.1, 0.15) is 24.3 Å². The molecule has 0 saturated heterocycles. The third-order valence-corrected chi connectivity index (χ3v) is 4.28. The zero-order chi connectivity index (χ0) is 18.4. The van der Waals surface area contributed by atoms with E-state index in [1.54, 1.807) is 12.0 Å². The molecule has 1 aromatic heterocycles. The SMILES string of the molecule is COCCN(Cc1ccccc1)C(=O)NC(C)c1cc2ccccc2o1. The van der Waals surface area contributed by atoms with Gasteiger partial charge in [-0.3, -0.25) is 0 Å². The first-order chi connectivity index (χ1) is 12.7. The van der Waals surface area contributed by atoms with Gasteiger partial charge in [0.15, 0.2) is 0 Å². The average molecular weight is 352 g/mol. The number of hydrogen-bond donors (Lipinski definition) is 1. The first kappa shape index (κ1) is 18.0. The van der Waals surface area contributed by atoms with E-state index in [9.17, 15) is 4.79 Å². The van der Waals surface area contributed by atoms with Crippen LogP contribution in [0.3, 0.4) is 0 Å². The summed E-state index contributed by atoms with van der Waals surface area (Å²) in [6.45, 7) is 3.46. The fraction of sp³-hybridized carbons (Fsp3) is 0.286. The van der Waals surface area contributed by atoms with Gasteiger partial charge >= 0.3 is 6.03 Å². The number of nitrogens with one attached hydrogen (secondary N) is 1. The van der Waals surface area contributed by atoms with Crippen LogP contribution in [-0.4, -0.2) is 31.2 Å². The summed E-state index contributed by atoms with van der Waals surface area (Å²) in [5.74, 6) is 0.742. The Balaban J connectivity index is 1.69. The van der Waals surface area contributed by atoms with Gasteiger partial charge in [0.25, 0.3) is 0 Å². The first-order valence-corrected chi connectivity index (χ1v) is 8.74. The lowest BCUT2D eigenvalue weighted by Gasteiger charge is -2.24. The van der Waals surface area contributed by atoms with E-state index >= 15 is 0 Å². The predicted octanol–water partition coefficient (Wildman–Crippen LogP) is 4.35. The summed E-state index contributed by atoms with van der Waals surface area (Å²) in [5, 5.41) is 4.06. The minimum Gasteiger partial charge on any atom is -0.459 e. The number of urea groups is 1. The number of fused-ring (bicyclic) bond motifs is 1. The minimum atomic E-state index is -0.226. The number of carbonyl (C=O) groups is 1. The fourth-order valence-electron chi connectivity index (χ4n) is 2.82.